The first kappa shape index (κ1) is 12.1. The Morgan fingerprint density at radius 2 is 2.44 bits per heavy atom. The van der Waals surface area contributed by atoms with Crippen molar-refractivity contribution in [1.82, 2.24) is 10.2 Å². The number of halogens is 1. The molecule has 1 aromatic rings. The van der Waals surface area contributed by atoms with Gasteiger partial charge in [0.2, 0.25) is 11.0 Å². The van der Waals surface area contributed by atoms with Gasteiger partial charge in [0.05, 0.1) is 0 Å². The summed E-state index contributed by atoms with van der Waals surface area (Å²) in [5, 5.41) is 8.79. The number of nitrogens with zero attached hydrogens (tertiary/aromatic N) is 3. The van der Waals surface area contributed by atoms with Crippen molar-refractivity contribution in [2.75, 3.05) is 23.1 Å². The van der Waals surface area contributed by atoms with Crippen molar-refractivity contribution in [1.29, 1.82) is 0 Å². The number of thioether (sulfide) groups is 1. The minimum Gasteiger partial charge on any atom is -0.286 e. The third kappa shape index (κ3) is 2.49. The summed E-state index contributed by atoms with van der Waals surface area (Å²) in [5.41, 5.74) is 0. The molecular weight excluding hydrogens is 266 g/mol. The Hall–Kier alpha value is -0.330. The van der Waals surface area contributed by atoms with Gasteiger partial charge >= 0.3 is 0 Å². The van der Waals surface area contributed by atoms with E-state index in [4.69, 9.17) is 11.6 Å². The highest BCUT2D eigenvalue weighted by Crippen LogP contribution is 2.31. The van der Waals surface area contributed by atoms with Crippen LogP contribution in [0.5, 0.6) is 0 Å². The van der Waals surface area contributed by atoms with Gasteiger partial charge in [-0.15, -0.1) is 21.8 Å². The lowest BCUT2D eigenvalue weighted by Gasteiger charge is -2.10. The molecule has 1 aliphatic heterocycles. The molecule has 0 bridgehead atoms. The number of hydrogen-bond acceptors (Lipinski definition) is 5. The maximum Gasteiger partial charge on any atom is 0.229 e. The van der Waals surface area contributed by atoms with Crippen LogP contribution in [0.4, 0.5) is 5.13 Å². The SMILES string of the molecule is CCSc1nnc(N2CC(CCl)CC2=O)s1. The van der Waals surface area contributed by atoms with Gasteiger partial charge < -0.3 is 0 Å². The molecule has 1 atom stereocenters. The minimum absolute atomic E-state index is 0.106. The highest BCUT2D eigenvalue weighted by atomic mass is 35.5. The van der Waals surface area contributed by atoms with Crippen LogP contribution in [-0.4, -0.2) is 34.3 Å². The average molecular weight is 278 g/mol. The summed E-state index contributed by atoms with van der Waals surface area (Å²) in [6.07, 6.45) is 0.527. The van der Waals surface area contributed by atoms with Crippen LogP contribution < -0.4 is 4.90 Å². The summed E-state index contributed by atoms with van der Waals surface area (Å²) in [5.74, 6) is 1.85. The van der Waals surface area contributed by atoms with Crippen molar-refractivity contribution in [3.8, 4) is 0 Å². The molecule has 0 radical (unpaired) electrons. The summed E-state index contributed by atoms with van der Waals surface area (Å²) < 4.78 is 0.916. The Morgan fingerprint density at radius 1 is 1.62 bits per heavy atom. The maximum absolute atomic E-state index is 11.7. The molecule has 4 nitrogen and oxygen atoms in total. The van der Waals surface area contributed by atoms with E-state index in [2.05, 4.69) is 17.1 Å². The predicted molar refractivity (Wildman–Crippen MR) is 67.5 cm³/mol. The van der Waals surface area contributed by atoms with Gasteiger partial charge in [0.1, 0.15) is 0 Å². The van der Waals surface area contributed by atoms with Crippen molar-refractivity contribution in [2.45, 2.75) is 17.7 Å². The molecule has 0 aromatic carbocycles. The first-order valence-electron chi connectivity index (χ1n) is 5.07. The Labute approximate surface area is 107 Å². The standard InChI is InChI=1S/C9H12ClN3OS2/c1-2-15-9-12-11-8(16-9)13-5-6(4-10)3-7(13)14/h6H,2-5H2,1H3. The summed E-state index contributed by atoms with van der Waals surface area (Å²) in [6, 6.07) is 0. The van der Waals surface area contributed by atoms with E-state index in [-0.39, 0.29) is 11.8 Å². The number of rotatable bonds is 4. The predicted octanol–water partition coefficient (Wildman–Crippen LogP) is 2.24. The molecule has 2 heterocycles. The number of alkyl halides is 1. The van der Waals surface area contributed by atoms with Crippen LogP contribution in [0.25, 0.3) is 0 Å². The van der Waals surface area contributed by atoms with Crippen molar-refractivity contribution in [2.24, 2.45) is 5.92 Å². The van der Waals surface area contributed by atoms with Crippen LogP contribution in [0, 0.1) is 5.92 Å². The summed E-state index contributed by atoms with van der Waals surface area (Å²) in [7, 11) is 0. The smallest absolute Gasteiger partial charge is 0.229 e. The number of aromatic nitrogens is 2. The van der Waals surface area contributed by atoms with Gasteiger partial charge in [-0.2, -0.15) is 0 Å². The van der Waals surface area contributed by atoms with Gasteiger partial charge in [-0.3, -0.25) is 9.69 Å². The van der Waals surface area contributed by atoms with Crippen molar-refractivity contribution in [3.05, 3.63) is 0 Å². The molecule has 0 saturated carbocycles. The van der Waals surface area contributed by atoms with E-state index < -0.39 is 0 Å². The van der Waals surface area contributed by atoms with E-state index >= 15 is 0 Å². The maximum atomic E-state index is 11.7. The molecule has 1 aliphatic rings. The quantitative estimate of drug-likeness (QED) is 0.481. The van der Waals surface area contributed by atoms with E-state index in [1.807, 2.05) is 0 Å². The van der Waals surface area contributed by atoms with E-state index in [0.717, 1.165) is 10.1 Å². The zero-order chi connectivity index (χ0) is 11.5. The average Bonchev–Trinajstić information content (AvgIpc) is 2.85. The fraction of sp³-hybridized carbons (Fsp3) is 0.667. The molecule has 1 unspecified atom stereocenters. The van der Waals surface area contributed by atoms with Crippen LogP contribution in [0.15, 0.2) is 4.34 Å². The molecule has 0 spiro atoms. The summed E-state index contributed by atoms with van der Waals surface area (Å²) >= 11 is 8.88. The first-order chi connectivity index (χ1) is 7.74. The third-order valence-corrected chi connectivity index (χ3v) is 4.72. The zero-order valence-electron chi connectivity index (χ0n) is 8.85. The van der Waals surface area contributed by atoms with Crippen LogP contribution in [0.1, 0.15) is 13.3 Å². The molecule has 1 amide bonds. The van der Waals surface area contributed by atoms with E-state index in [0.29, 0.717) is 24.0 Å². The first-order valence-corrected chi connectivity index (χ1v) is 7.41. The second-order valence-corrected chi connectivity index (χ2v) is 6.29. The van der Waals surface area contributed by atoms with Gasteiger partial charge in [-0.25, -0.2) is 0 Å². The fourth-order valence-electron chi connectivity index (χ4n) is 1.56. The topological polar surface area (TPSA) is 46.1 Å². The van der Waals surface area contributed by atoms with Crippen molar-refractivity contribution in [3.63, 3.8) is 0 Å². The summed E-state index contributed by atoms with van der Waals surface area (Å²) in [6.45, 7) is 2.74. The Balaban J connectivity index is 2.09. The molecule has 0 N–H and O–H groups in total. The van der Waals surface area contributed by atoms with Gasteiger partial charge in [0.25, 0.3) is 0 Å². The molecule has 1 fully saturated rings. The summed E-state index contributed by atoms with van der Waals surface area (Å²) in [4.78, 5) is 13.4. The Morgan fingerprint density at radius 3 is 3.06 bits per heavy atom. The fourth-order valence-corrected chi connectivity index (χ4v) is 3.53. The van der Waals surface area contributed by atoms with Gasteiger partial charge in [0.15, 0.2) is 4.34 Å². The number of hydrogen-bond donors (Lipinski definition) is 0. The number of carbonyl (C=O) groups is 1. The lowest BCUT2D eigenvalue weighted by molar-refractivity contribution is -0.117. The van der Waals surface area contributed by atoms with Crippen LogP contribution in [-0.2, 0) is 4.79 Å². The Kier molecular flexibility index (Phi) is 4.05. The largest absolute Gasteiger partial charge is 0.286 e. The molecule has 0 aliphatic carbocycles. The lowest BCUT2D eigenvalue weighted by atomic mass is 10.2. The van der Waals surface area contributed by atoms with E-state index in [1.165, 1.54) is 11.3 Å². The highest BCUT2D eigenvalue weighted by molar-refractivity contribution is 8.01. The molecular formula is C9H12ClN3OS2. The molecule has 2 rings (SSSR count). The van der Waals surface area contributed by atoms with Crippen LogP contribution in [0.3, 0.4) is 0 Å². The molecule has 7 heteroatoms. The monoisotopic (exact) mass is 277 g/mol. The molecule has 16 heavy (non-hydrogen) atoms. The van der Waals surface area contributed by atoms with Gasteiger partial charge in [-0.1, -0.05) is 30.0 Å². The number of anilines is 1. The molecule has 1 aromatic heterocycles. The van der Waals surface area contributed by atoms with Gasteiger partial charge in [-0.05, 0) is 11.7 Å². The van der Waals surface area contributed by atoms with E-state index in [1.54, 1.807) is 16.7 Å². The third-order valence-electron chi connectivity index (χ3n) is 2.32. The highest BCUT2D eigenvalue weighted by Gasteiger charge is 2.32. The van der Waals surface area contributed by atoms with Crippen molar-refractivity contribution < 1.29 is 4.79 Å². The van der Waals surface area contributed by atoms with Crippen LogP contribution in [0.2, 0.25) is 0 Å². The normalized spacial score (nSPS) is 20.8. The van der Waals surface area contributed by atoms with Crippen molar-refractivity contribution >= 4 is 45.7 Å². The van der Waals surface area contributed by atoms with Crippen LogP contribution >= 0.6 is 34.7 Å². The second-order valence-electron chi connectivity index (χ2n) is 3.51. The Bertz CT molecular complexity index is 385. The zero-order valence-corrected chi connectivity index (χ0v) is 11.2. The lowest BCUT2D eigenvalue weighted by Crippen LogP contribution is -2.24. The van der Waals surface area contributed by atoms with Gasteiger partial charge in [0, 0.05) is 18.8 Å². The minimum atomic E-state index is 0.106. The number of carbonyl (C=O) groups excluding carboxylic acids is 1. The second kappa shape index (κ2) is 5.33. The molecule has 1 saturated heterocycles. The molecule has 88 valence electrons. The number of amides is 1. The van der Waals surface area contributed by atoms with E-state index in [9.17, 15) is 4.79 Å².